The molecular formula is C24H29N3O6S. The summed E-state index contributed by atoms with van der Waals surface area (Å²) in [5, 5.41) is 2.84. The molecule has 3 amide bonds. The first-order valence-corrected chi connectivity index (χ1v) is 12.2. The summed E-state index contributed by atoms with van der Waals surface area (Å²) in [4.78, 5) is 40.2. The number of amides is 3. The van der Waals surface area contributed by atoms with Gasteiger partial charge in [-0.15, -0.1) is 0 Å². The van der Waals surface area contributed by atoms with E-state index in [4.69, 9.17) is 4.74 Å². The fourth-order valence-corrected chi connectivity index (χ4v) is 5.14. The Labute approximate surface area is 199 Å². The summed E-state index contributed by atoms with van der Waals surface area (Å²) in [6.45, 7) is 6.32. The number of fused-ring (bicyclic) bond motifs is 1. The van der Waals surface area contributed by atoms with Gasteiger partial charge in [-0.05, 0) is 57.5 Å². The topological polar surface area (TPSA) is 113 Å². The van der Waals surface area contributed by atoms with Gasteiger partial charge < -0.3 is 15.0 Å². The molecule has 0 saturated heterocycles. The second-order valence-electron chi connectivity index (χ2n) is 9.10. The van der Waals surface area contributed by atoms with E-state index in [1.807, 2.05) is 20.8 Å². The molecule has 1 heterocycles. The maximum Gasteiger partial charge on any atom is 0.269 e. The van der Waals surface area contributed by atoms with Gasteiger partial charge in [-0.3, -0.25) is 14.4 Å². The molecule has 9 nitrogen and oxygen atoms in total. The highest BCUT2D eigenvalue weighted by Gasteiger charge is 2.43. The lowest BCUT2D eigenvalue weighted by Crippen LogP contribution is -2.54. The number of sulfonamides is 1. The van der Waals surface area contributed by atoms with Gasteiger partial charge in [-0.1, -0.05) is 24.3 Å². The number of hydrogen-bond acceptors (Lipinski definition) is 6. The van der Waals surface area contributed by atoms with Crippen LogP contribution in [-0.4, -0.2) is 60.6 Å². The molecule has 0 unspecified atom stereocenters. The van der Waals surface area contributed by atoms with Crippen LogP contribution in [-0.2, 0) is 26.2 Å². The van der Waals surface area contributed by atoms with E-state index in [0.29, 0.717) is 15.6 Å². The van der Waals surface area contributed by atoms with E-state index in [1.165, 1.54) is 30.2 Å². The summed E-state index contributed by atoms with van der Waals surface area (Å²) in [5.74, 6) is -1.27. The van der Waals surface area contributed by atoms with Crippen molar-refractivity contribution in [1.29, 1.82) is 0 Å². The first-order chi connectivity index (χ1) is 15.8. The minimum Gasteiger partial charge on any atom is -0.497 e. The number of benzene rings is 2. The number of ether oxygens (including phenoxy) is 1. The standard InChI is InChI=1S/C24H29N3O6S/c1-16(22(29)25-24(2,3)4)26(14-17-9-8-10-18(13-17)33-5)21(28)15-27-23(30)19-11-6-7-12-20(19)34(27,31)32/h6-13,16H,14-15H2,1-5H3,(H,25,29)/t16-/m0/s1. The SMILES string of the molecule is COc1cccc(CN(C(=O)CN2C(=O)c3ccccc3S2(=O)=O)[C@@H](C)C(=O)NC(C)(C)C)c1. The van der Waals surface area contributed by atoms with Crippen molar-refractivity contribution in [2.24, 2.45) is 0 Å². The van der Waals surface area contributed by atoms with Crippen LogP contribution in [0.3, 0.4) is 0 Å². The highest BCUT2D eigenvalue weighted by Crippen LogP contribution is 2.30. The first kappa shape index (κ1) is 25.2. The third-order valence-electron chi connectivity index (χ3n) is 5.34. The molecule has 3 rings (SSSR count). The fourth-order valence-electron chi connectivity index (χ4n) is 3.63. The largest absolute Gasteiger partial charge is 0.497 e. The maximum atomic E-state index is 13.4. The molecule has 0 bridgehead atoms. The smallest absolute Gasteiger partial charge is 0.269 e. The molecule has 0 aromatic heterocycles. The first-order valence-electron chi connectivity index (χ1n) is 10.8. The van der Waals surface area contributed by atoms with Crippen molar-refractivity contribution in [1.82, 2.24) is 14.5 Å². The zero-order valence-corrected chi connectivity index (χ0v) is 20.7. The highest BCUT2D eigenvalue weighted by molar-refractivity contribution is 7.90. The van der Waals surface area contributed by atoms with Gasteiger partial charge in [0, 0.05) is 12.1 Å². The molecule has 182 valence electrons. The average molecular weight is 488 g/mol. The van der Waals surface area contributed by atoms with Gasteiger partial charge in [0.15, 0.2) is 0 Å². The van der Waals surface area contributed by atoms with Crippen LogP contribution in [0.25, 0.3) is 0 Å². The van der Waals surface area contributed by atoms with Crippen LogP contribution in [0.2, 0.25) is 0 Å². The van der Waals surface area contributed by atoms with Crippen LogP contribution in [0, 0.1) is 0 Å². The Bertz CT molecular complexity index is 1220. The van der Waals surface area contributed by atoms with E-state index in [0.717, 1.165) is 0 Å². The lowest BCUT2D eigenvalue weighted by Gasteiger charge is -2.32. The molecule has 2 aromatic rings. The predicted molar refractivity (Wildman–Crippen MR) is 126 cm³/mol. The Morgan fingerprint density at radius 2 is 1.79 bits per heavy atom. The van der Waals surface area contributed by atoms with Crippen molar-refractivity contribution < 1.29 is 27.5 Å². The quantitative estimate of drug-likeness (QED) is 0.641. The Kier molecular flexibility index (Phi) is 7.02. The summed E-state index contributed by atoms with van der Waals surface area (Å²) >= 11 is 0. The molecule has 0 spiro atoms. The van der Waals surface area contributed by atoms with E-state index >= 15 is 0 Å². The Morgan fingerprint density at radius 1 is 1.12 bits per heavy atom. The monoisotopic (exact) mass is 487 g/mol. The molecule has 0 fully saturated rings. The van der Waals surface area contributed by atoms with Crippen molar-refractivity contribution in [3.8, 4) is 5.75 Å². The van der Waals surface area contributed by atoms with Crippen molar-refractivity contribution in [3.05, 3.63) is 59.7 Å². The Hall–Kier alpha value is -3.40. The van der Waals surface area contributed by atoms with Crippen LogP contribution >= 0.6 is 0 Å². The number of carbonyl (C=O) groups is 3. The normalized spacial score (nSPS) is 15.4. The van der Waals surface area contributed by atoms with Gasteiger partial charge in [-0.25, -0.2) is 12.7 Å². The van der Waals surface area contributed by atoms with Gasteiger partial charge in [0.25, 0.3) is 15.9 Å². The molecule has 0 radical (unpaired) electrons. The van der Waals surface area contributed by atoms with E-state index < -0.39 is 45.9 Å². The van der Waals surface area contributed by atoms with Crippen LogP contribution in [0.5, 0.6) is 5.75 Å². The molecular weight excluding hydrogens is 458 g/mol. The number of hydrogen-bond donors (Lipinski definition) is 1. The number of methoxy groups -OCH3 is 1. The number of rotatable bonds is 7. The maximum absolute atomic E-state index is 13.4. The zero-order valence-electron chi connectivity index (χ0n) is 19.9. The Morgan fingerprint density at radius 3 is 2.41 bits per heavy atom. The van der Waals surface area contributed by atoms with Crippen LogP contribution in [0.4, 0.5) is 0 Å². The molecule has 1 aliphatic rings. The summed E-state index contributed by atoms with van der Waals surface area (Å²) < 4.78 is 31.7. The van der Waals surface area contributed by atoms with E-state index in [-0.39, 0.29) is 17.0 Å². The molecule has 1 atom stereocenters. The van der Waals surface area contributed by atoms with Gasteiger partial charge >= 0.3 is 0 Å². The number of nitrogens with one attached hydrogen (secondary N) is 1. The molecule has 34 heavy (non-hydrogen) atoms. The van der Waals surface area contributed by atoms with Gasteiger partial charge in [0.2, 0.25) is 11.8 Å². The van der Waals surface area contributed by atoms with E-state index in [2.05, 4.69) is 5.32 Å². The van der Waals surface area contributed by atoms with Gasteiger partial charge in [0.1, 0.15) is 23.2 Å². The Balaban J connectivity index is 1.91. The van der Waals surface area contributed by atoms with Crippen LogP contribution in [0.1, 0.15) is 43.6 Å². The lowest BCUT2D eigenvalue weighted by atomic mass is 10.1. The lowest BCUT2D eigenvalue weighted by molar-refractivity contribution is -0.141. The zero-order chi connectivity index (χ0) is 25.3. The predicted octanol–water partition coefficient (Wildman–Crippen LogP) is 2.17. The third-order valence-corrected chi connectivity index (χ3v) is 7.13. The molecule has 2 aromatic carbocycles. The van der Waals surface area contributed by atoms with Crippen molar-refractivity contribution in [3.63, 3.8) is 0 Å². The summed E-state index contributed by atoms with van der Waals surface area (Å²) in [6.07, 6.45) is 0. The number of nitrogens with zero attached hydrogens (tertiary/aromatic N) is 2. The molecule has 0 saturated carbocycles. The summed E-state index contributed by atoms with van der Waals surface area (Å²) in [7, 11) is -2.65. The van der Waals surface area contributed by atoms with Gasteiger partial charge in [-0.2, -0.15) is 0 Å². The second-order valence-corrected chi connectivity index (χ2v) is 10.9. The molecule has 1 N–H and O–H groups in total. The number of carbonyl (C=O) groups excluding carboxylic acids is 3. The fraction of sp³-hybridized carbons (Fsp3) is 0.375. The van der Waals surface area contributed by atoms with E-state index in [1.54, 1.807) is 37.3 Å². The van der Waals surface area contributed by atoms with E-state index in [9.17, 15) is 22.8 Å². The van der Waals surface area contributed by atoms with Crippen molar-refractivity contribution in [2.75, 3.05) is 13.7 Å². The summed E-state index contributed by atoms with van der Waals surface area (Å²) in [5.41, 5.74) is 0.168. The molecule has 0 aliphatic carbocycles. The van der Waals surface area contributed by atoms with Crippen LogP contribution in [0.15, 0.2) is 53.4 Å². The van der Waals surface area contributed by atoms with Crippen LogP contribution < -0.4 is 10.1 Å². The second kappa shape index (κ2) is 9.46. The average Bonchev–Trinajstić information content (AvgIpc) is 2.96. The van der Waals surface area contributed by atoms with Crippen molar-refractivity contribution >= 4 is 27.7 Å². The molecule has 1 aliphatic heterocycles. The van der Waals surface area contributed by atoms with Crippen molar-refractivity contribution in [2.45, 2.75) is 50.7 Å². The molecule has 10 heteroatoms. The minimum atomic E-state index is -4.17. The minimum absolute atomic E-state index is 0.0176. The van der Waals surface area contributed by atoms with Gasteiger partial charge in [0.05, 0.1) is 12.7 Å². The highest BCUT2D eigenvalue weighted by atomic mass is 32.2. The third kappa shape index (κ3) is 5.22. The summed E-state index contributed by atoms with van der Waals surface area (Å²) in [6, 6.07) is 11.9.